The summed E-state index contributed by atoms with van der Waals surface area (Å²) in [4.78, 5) is 3.90. The number of aromatic nitrogens is 2. The third kappa shape index (κ3) is 1.56. The predicted octanol–water partition coefficient (Wildman–Crippen LogP) is 2.40. The van der Waals surface area contributed by atoms with Gasteiger partial charge in [-0.2, -0.15) is 4.98 Å². The molecule has 5 heteroatoms. The van der Waals surface area contributed by atoms with Gasteiger partial charge in [0.2, 0.25) is 12.2 Å². The van der Waals surface area contributed by atoms with E-state index >= 15 is 0 Å². The van der Waals surface area contributed by atoms with Gasteiger partial charge in [-0.15, -0.1) is 0 Å². The Labute approximate surface area is 85.5 Å². The molecule has 72 valence electrons. The van der Waals surface area contributed by atoms with E-state index in [-0.39, 0.29) is 0 Å². The molecule has 0 bridgehead atoms. The Morgan fingerprint density at radius 3 is 2.86 bits per heavy atom. The van der Waals surface area contributed by atoms with Crippen LogP contribution in [-0.2, 0) is 0 Å². The molecule has 0 saturated carbocycles. The minimum Gasteiger partial charge on any atom is -0.497 e. The van der Waals surface area contributed by atoms with Crippen molar-refractivity contribution in [3.63, 3.8) is 0 Å². The molecule has 4 nitrogen and oxygen atoms in total. The Hall–Kier alpha value is -1.55. The van der Waals surface area contributed by atoms with Crippen LogP contribution < -0.4 is 4.74 Å². The highest BCUT2D eigenvalue weighted by Crippen LogP contribution is 2.28. The van der Waals surface area contributed by atoms with Crippen LogP contribution in [0.5, 0.6) is 5.75 Å². The van der Waals surface area contributed by atoms with Crippen LogP contribution in [0.3, 0.4) is 0 Å². The SMILES string of the molecule is COc1ccc(-c2ncon2)c(Cl)c1. The zero-order valence-electron chi connectivity index (χ0n) is 7.40. The molecule has 0 aliphatic rings. The van der Waals surface area contributed by atoms with Crippen LogP contribution in [0.25, 0.3) is 11.4 Å². The van der Waals surface area contributed by atoms with Crippen LogP contribution in [0.1, 0.15) is 0 Å². The van der Waals surface area contributed by atoms with Gasteiger partial charge >= 0.3 is 0 Å². The van der Waals surface area contributed by atoms with Gasteiger partial charge in [0, 0.05) is 5.56 Å². The number of methoxy groups -OCH3 is 1. The second kappa shape index (κ2) is 3.67. The highest BCUT2D eigenvalue weighted by molar-refractivity contribution is 6.33. The summed E-state index contributed by atoms with van der Waals surface area (Å²) in [7, 11) is 1.58. The summed E-state index contributed by atoms with van der Waals surface area (Å²) in [6.07, 6.45) is 1.26. The van der Waals surface area contributed by atoms with E-state index in [0.717, 1.165) is 5.56 Å². The van der Waals surface area contributed by atoms with Crippen LogP contribution >= 0.6 is 11.6 Å². The standard InChI is InChI=1S/C9H7ClN2O2/c1-13-6-2-3-7(8(10)4-6)9-11-5-14-12-9/h2-5H,1H3. The van der Waals surface area contributed by atoms with Gasteiger partial charge in [0.1, 0.15) is 5.75 Å². The van der Waals surface area contributed by atoms with E-state index in [4.69, 9.17) is 16.3 Å². The fraction of sp³-hybridized carbons (Fsp3) is 0.111. The highest BCUT2D eigenvalue weighted by atomic mass is 35.5. The molecular weight excluding hydrogens is 204 g/mol. The molecule has 0 saturated heterocycles. The molecule has 0 aliphatic carbocycles. The van der Waals surface area contributed by atoms with Gasteiger partial charge in [-0.05, 0) is 18.2 Å². The maximum Gasteiger partial charge on any atom is 0.214 e. The van der Waals surface area contributed by atoms with E-state index in [1.807, 2.05) is 0 Å². The summed E-state index contributed by atoms with van der Waals surface area (Å²) >= 11 is 6.00. The van der Waals surface area contributed by atoms with E-state index in [0.29, 0.717) is 16.6 Å². The van der Waals surface area contributed by atoms with Gasteiger partial charge in [0.15, 0.2) is 0 Å². The monoisotopic (exact) mass is 210 g/mol. The average Bonchev–Trinajstić information content (AvgIpc) is 2.70. The van der Waals surface area contributed by atoms with Crippen molar-refractivity contribution in [2.24, 2.45) is 0 Å². The van der Waals surface area contributed by atoms with Crippen LogP contribution in [0, 0.1) is 0 Å². The fourth-order valence-corrected chi connectivity index (χ4v) is 1.35. The summed E-state index contributed by atoms with van der Waals surface area (Å²) in [6, 6.07) is 5.27. The van der Waals surface area contributed by atoms with E-state index in [1.54, 1.807) is 25.3 Å². The van der Waals surface area contributed by atoms with E-state index in [2.05, 4.69) is 14.7 Å². The average molecular weight is 211 g/mol. The number of rotatable bonds is 2. The third-order valence-corrected chi connectivity index (χ3v) is 2.09. The Morgan fingerprint density at radius 1 is 1.43 bits per heavy atom. The zero-order valence-corrected chi connectivity index (χ0v) is 8.15. The molecule has 0 amide bonds. The van der Waals surface area contributed by atoms with Crippen molar-refractivity contribution in [1.82, 2.24) is 10.1 Å². The minimum absolute atomic E-state index is 0.470. The highest BCUT2D eigenvalue weighted by Gasteiger charge is 2.08. The van der Waals surface area contributed by atoms with E-state index < -0.39 is 0 Å². The third-order valence-electron chi connectivity index (χ3n) is 1.78. The molecule has 1 heterocycles. The molecule has 2 aromatic rings. The topological polar surface area (TPSA) is 48.2 Å². The van der Waals surface area contributed by atoms with Crippen molar-refractivity contribution in [1.29, 1.82) is 0 Å². The molecule has 14 heavy (non-hydrogen) atoms. The lowest BCUT2D eigenvalue weighted by Gasteiger charge is -2.02. The normalized spacial score (nSPS) is 10.1. The van der Waals surface area contributed by atoms with Crippen molar-refractivity contribution in [3.8, 4) is 17.1 Å². The number of halogens is 1. The van der Waals surface area contributed by atoms with Crippen molar-refractivity contribution in [3.05, 3.63) is 29.6 Å². The fourth-order valence-electron chi connectivity index (χ4n) is 1.09. The lowest BCUT2D eigenvalue weighted by molar-refractivity contribution is 0.414. The van der Waals surface area contributed by atoms with Crippen molar-refractivity contribution in [2.45, 2.75) is 0 Å². The van der Waals surface area contributed by atoms with Crippen LogP contribution in [0.15, 0.2) is 29.1 Å². The summed E-state index contributed by atoms with van der Waals surface area (Å²) in [5.74, 6) is 1.17. The van der Waals surface area contributed by atoms with Crippen molar-refractivity contribution >= 4 is 11.6 Å². The van der Waals surface area contributed by atoms with Crippen molar-refractivity contribution < 1.29 is 9.26 Å². The zero-order chi connectivity index (χ0) is 9.97. The molecule has 1 aromatic carbocycles. The molecule has 0 N–H and O–H groups in total. The first-order chi connectivity index (χ1) is 6.81. The Balaban J connectivity index is 2.46. The first-order valence-corrected chi connectivity index (χ1v) is 4.29. The smallest absolute Gasteiger partial charge is 0.214 e. The lowest BCUT2D eigenvalue weighted by Crippen LogP contribution is -1.85. The second-order valence-electron chi connectivity index (χ2n) is 2.60. The number of ether oxygens (including phenoxy) is 1. The first-order valence-electron chi connectivity index (χ1n) is 3.91. The molecule has 0 spiro atoms. The lowest BCUT2D eigenvalue weighted by atomic mass is 10.2. The quantitative estimate of drug-likeness (QED) is 0.764. The first kappa shape index (κ1) is 9.02. The second-order valence-corrected chi connectivity index (χ2v) is 3.01. The summed E-state index contributed by atoms with van der Waals surface area (Å²) in [6.45, 7) is 0. The van der Waals surface area contributed by atoms with Gasteiger partial charge < -0.3 is 9.26 Å². The van der Waals surface area contributed by atoms with Gasteiger partial charge in [-0.25, -0.2) is 0 Å². The number of nitrogens with zero attached hydrogens (tertiary/aromatic N) is 2. The van der Waals surface area contributed by atoms with Gasteiger partial charge in [0.05, 0.1) is 12.1 Å². The molecule has 0 fully saturated rings. The van der Waals surface area contributed by atoms with Crippen LogP contribution in [0.2, 0.25) is 5.02 Å². The molecule has 0 aliphatic heterocycles. The molecule has 1 aromatic heterocycles. The predicted molar refractivity (Wildman–Crippen MR) is 51.3 cm³/mol. The number of hydrogen-bond donors (Lipinski definition) is 0. The minimum atomic E-state index is 0.470. The van der Waals surface area contributed by atoms with Crippen molar-refractivity contribution in [2.75, 3.05) is 7.11 Å². The summed E-state index contributed by atoms with van der Waals surface area (Å²) in [5.41, 5.74) is 0.723. The van der Waals surface area contributed by atoms with E-state index in [9.17, 15) is 0 Å². The Morgan fingerprint density at radius 2 is 2.29 bits per heavy atom. The van der Waals surface area contributed by atoms with E-state index in [1.165, 1.54) is 6.39 Å². The van der Waals surface area contributed by atoms with Gasteiger partial charge in [-0.3, -0.25) is 0 Å². The molecular formula is C9H7ClN2O2. The molecule has 2 rings (SSSR count). The number of hydrogen-bond acceptors (Lipinski definition) is 4. The Kier molecular flexibility index (Phi) is 2.37. The number of benzene rings is 1. The van der Waals surface area contributed by atoms with Gasteiger partial charge in [-0.1, -0.05) is 16.8 Å². The van der Waals surface area contributed by atoms with Crippen LogP contribution in [-0.4, -0.2) is 17.3 Å². The summed E-state index contributed by atoms with van der Waals surface area (Å²) < 4.78 is 9.65. The van der Waals surface area contributed by atoms with Gasteiger partial charge in [0.25, 0.3) is 0 Å². The molecule has 0 unspecified atom stereocenters. The van der Waals surface area contributed by atoms with Crippen LogP contribution in [0.4, 0.5) is 0 Å². The molecule has 0 radical (unpaired) electrons. The maximum atomic E-state index is 6.00. The Bertz CT molecular complexity index is 428. The maximum absolute atomic E-state index is 6.00. The largest absolute Gasteiger partial charge is 0.497 e. The molecule has 0 atom stereocenters. The summed E-state index contributed by atoms with van der Waals surface area (Å²) in [5, 5.41) is 4.22.